The molecule has 3 N–H and O–H groups in total. The maximum Gasteiger partial charge on any atom is 0.223 e. The normalized spacial score (nSPS) is 26.4. The van der Waals surface area contributed by atoms with Crippen molar-refractivity contribution < 1.29 is 9.90 Å². The zero-order chi connectivity index (χ0) is 16.2. The molecule has 2 aliphatic rings. The molecule has 2 atom stereocenters. The van der Waals surface area contributed by atoms with Gasteiger partial charge in [-0.2, -0.15) is 0 Å². The van der Waals surface area contributed by atoms with Crippen molar-refractivity contribution in [3.05, 3.63) is 11.1 Å². The van der Waals surface area contributed by atoms with Crippen LogP contribution in [0, 0.1) is 0 Å². The first kappa shape index (κ1) is 16.7. The van der Waals surface area contributed by atoms with Gasteiger partial charge in [0, 0.05) is 44.0 Å². The van der Waals surface area contributed by atoms with Gasteiger partial charge in [0.1, 0.15) is 0 Å². The van der Waals surface area contributed by atoms with E-state index in [1.165, 1.54) is 17.8 Å². The molecule has 23 heavy (non-hydrogen) atoms. The van der Waals surface area contributed by atoms with E-state index in [-0.39, 0.29) is 12.0 Å². The molecule has 1 saturated heterocycles. The fourth-order valence-corrected chi connectivity index (χ4v) is 4.25. The van der Waals surface area contributed by atoms with Crippen LogP contribution in [0.2, 0.25) is 0 Å². The number of thiazole rings is 1. The average molecular weight is 338 g/mol. The van der Waals surface area contributed by atoms with Gasteiger partial charge in [-0.3, -0.25) is 9.69 Å². The summed E-state index contributed by atoms with van der Waals surface area (Å²) in [5, 5.41) is 12.7. The number of aromatic nitrogens is 1. The minimum absolute atomic E-state index is 0.193. The molecular formula is C16H26N4O2S. The first-order valence-corrected chi connectivity index (χ1v) is 9.41. The first-order chi connectivity index (χ1) is 11.1. The Kier molecular flexibility index (Phi) is 5.50. The Morgan fingerprint density at radius 1 is 1.30 bits per heavy atom. The molecule has 1 aromatic heterocycles. The Balaban J connectivity index is 1.43. The molecule has 1 aliphatic carbocycles. The number of amides is 1. The van der Waals surface area contributed by atoms with Crippen LogP contribution < -0.4 is 5.73 Å². The van der Waals surface area contributed by atoms with Crippen LogP contribution in [0.4, 0.5) is 5.13 Å². The Hall–Kier alpha value is -1.18. The van der Waals surface area contributed by atoms with Gasteiger partial charge in [-0.1, -0.05) is 12.8 Å². The summed E-state index contributed by atoms with van der Waals surface area (Å²) in [5.41, 5.74) is 6.52. The second-order valence-electron chi connectivity index (χ2n) is 6.51. The number of nitrogens with two attached hydrogens (primary N) is 1. The number of anilines is 1. The summed E-state index contributed by atoms with van der Waals surface area (Å²) >= 11 is 1.42. The molecule has 7 heteroatoms. The molecule has 0 unspecified atom stereocenters. The van der Waals surface area contributed by atoms with Gasteiger partial charge in [0.05, 0.1) is 11.8 Å². The molecule has 2 heterocycles. The van der Waals surface area contributed by atoms with Gasteiger partial charge in [-0.05, 0) is 19.3 Å². The molecule has 0 aromatic carbocycles. The van der Waals surface area contributed by atoms with Gasteiger partial charge in [-0.25, -0.2) is 4.98 Å². The summed E-state index contributed by atoms with van der Waals surface area (Å²) < 4.78 is 0. The molecule has 1 saturated carbocycles. The van der Waals surface area contributed by atoms with E-state index in [2.05, 4.69) is 9.88 Å². The quantitative estimate of drug-likeness (QED) is 0.859. The van der Waals surface area contributed by atoms with Crippen LogP contribution in [0.3, 0.4) is 0 Å². The van der Waals surface area contributed by atoms with E-state index in [9.17, 15) is 9.90 Å². The Morgan fingerprint density at radius 3 is 2.70 bits per heavy atom. The zero-order valence-corrected chi connectivity index (χ0v) is 14.3. The van der Waals surface area contributed by atoms with E-state index in [4.69, 9.17) is 5.73 Å². The maximum absolute atomic E-state index is 12.3. The van der Waals surface area contributed by atoms with E-state index in [1.807, 2.05) is 10.3 Å². The fraction of sp³-hybridized carbons (Fsp3) is 0.750. The number of hydrogen-bond donors (Lipinski definition) is 2. The summed E-state index contributed by atoms with van der Waals surface area (Å²) in [4.78, 5) is 20.8. The lowest BCUT2D eigenvalue weighted by molar-refractivity contribution is -0.133. The van der Waals surface area contributed by atoms with E-state index in [1.54, 1.807) is 0 Å². The Bertz CT molecular complexity index is 528. The van der Waals surface area contributed by atoms with Crippen LogP contribution >= 0.6 is 11.3 Å². The predicted molar refractivity (Wildman–Crippen MR) is 91.3 cm³/mol. The van der Waals surface area contributed by atoms with Gasteiger partial charge >= 0.3 is 0 Å². The first-order valence-electron chi connectivity index (χ1n) is 8.53. The van der Waals surface area contributed by atoms with Crippen molar-refractivity contribution in [3.63, 3.8) is 0 Å². The summed E-state index contributed by atoms with van der Waals surface area (Å²) in [6.45, 7) is 3.27. The number of carbonyl (C=O) groups is 1. The van der Waals surface area contributed by atoms with E-state index < -0.39 is 0 Å². The summed E-state index contributed by atoms with van der Waals surface area (Å²) in [7, 11) is 0. The fourth-order valence-electron chi connectivity index (χ4n) is 3.65. The SMILES string of the molecule is Nc1nc(CCC(=O)N2CCN([C@H]3CCCC[C@@H]3O)CC2)cs1. The van der Waals surface area contributed by atoms with Gasteiger partial charge in [0.2, 0.25) is 5.91 Å². The van der Waals surface area contributed by atoms with Crippen LogP contribution in [-0.4, -0.2) is 64.1 Å². The highest BCUT2D eigenvalue weighted by molar-refractivity contribution is 7.13. The Morgan fingerprint density at radius 2 is 2.04 bits per heavy atom. The number of aryl methyl sites for hydroxylation is 1. The highest BCUT2D eigenvalue weighted by Gasteiger charge is 2.31. The van der Waals surface area contributed by atoms with Crippen LogP contribution in [0.5, 0.6) is 0 Å². The smallest absolute Gasteiger partial charge is 0.223 e. The average Bonchev–Trinajstić information content (AvgIpc) is 2.99. The standard InChI is InChI=1S/C16H26N4O2S/c17-16-18-12(11-23-16)5-6-15(22)20-9-7-19(8-10-20)13-3-1-2-4-14(13)21/h11,13-14,21H,1-10H2,(H2,17,18)/t13-,14-/m0/s1. The van der Waals surface area contributed by atoms with Crippen LogP contribution in [0.15, 0.2) is 5.38 Å². The van der Waals surface area contributed by atoms with Crippen molar-refractivity contribution >= 4 is 22.4 Å². The van der Waals surface area contributed by atoms with Crippen molar-refractivity contribution in [3.8, 4) is 0 Å². The minimum Gasteiger partial charge on any atom is -0.391 e. The highest BCUT2D eigenvalue weighted by atomic mass is 32.1. The number of aliphatic hydroxyl groups excluding tert-OH is 1. The number of carbonyl (C=O) groups excluding carboxylic acids is 1. The maximum atomic E-state index is 12.3. The zero-order valence-electron chi connectivity index (χ0n) is 13.5. The number of hydrogen-bond acceptors (Lipinski definition) is 6. The van der Waals surface area contributed by atoms with Crippen LogP contribution in [-0.2, 0) is 11.2 Å². The largest absolute Gasteiger partial charge is 0.391 e. The molecule has 1 aromatic rings. The summed E-state index contributed by atoms with van der Waals surface area (Å²) in [6.07, 6.45) is 5.31. The number of nitrogen functional groups attached to an aromatic ring is 1. The van der Waals surface area contributed by atoms with E-state index >= 15 is 0 Å². The topological polar surface area (TPSA) is 82.7 Å². The van der Waals surface area contributed by atoms with Crippen molar-refractivity contribution in [2.75, 3.05) is 31.9 Å². The molecular weight excluding hydrogens is 312 g/mol. The second kappa shape index (κ2) is 7.59. The highest BCUT2D eigenvalue weighted by Crippen LogP contribution is 2.24. The van der Waals surface area contributed by atoms with Gasteiger partial charge in [0.25, 0.3) is 0 Å². The van der Waals surface area contributed by atoms with Crippen LogP contribution in [0.25, 0.3) is 0 Å². The lowest BCUT2D eigenvalue weighted by Gasteiger charge is -2.42. The molecule has 6 nitrogen and oxygen atoms in total. The molecule has 3 rings (SSSR count). The lowest BCUT2D eigenvalue weighted by Crippen LogP contribution is -2.55. The molecule has 1 aliphatic heterocycles. The predicted octanol–water partition coefficient (Wildman–Crippen LogP) is 1.11. The van der Waals surface area contributed by atoms with Crippen molar-refractivity contribution in [1.29, 1.82) is 0 Å². The van der Waals surface area contributed by atoms with Crippen LogP contribution in [0.1, 0.15) is 37.8 Å². The van der Waals surface area contributed by atoms with Crippen molar-refractivity contribution in [2.24, 2.45) is 0 Å². The number of piperazine rings is 1. The molecule has 2 fully saturated rings. The van der Waals surface area contributed by atoms with E-state index in [0.717, 1.165) is 51.1 Å². The molecule has 1 amide bonds. The third-order valence-corrected chi connectivity index (χ3v) is 5.72. The number of aliphatic hydroxyl groups is 1. The molecule has 0 radical (unpaired) electrons. The molecule has 0 bridgehead atoms. The monoisotopic (exact) mass is 338 g/mol. The number of nitrogens with zero attached hydrogens (tertiary/aromatic N) is 3. The van der Waals surface area contributed by atoms with Gasteiger partial charge in [-0.15, -0.1) is 11.3 Å². The van der Waals surface area contributed by atoms with Gasteiger partial charge in [0.15, 0.2) is 5.13 Å². The second-order valence-corrected chi connectivity index (χ2v) is 7.40. The molecule has 0 spiro atoms. The van der Waals surface area contributed by atoms with Crippen molar-refractivity contribution in [1.82, 2.24) is 14.8 Å². The minimum atomic E-state index is -0.193. The summed E-state index contributed by atoms with van der Waals surface area (Å²) in [6, 6.07) is 0.291. The third-order valence-electron chi connectivity index (χ3n) is 4.99. The number of rotatable bonds is 4. The van der Waals surface area contributed by atoms with Crippen molar-refractivity contribution in [2.45, 2.75) is 50.7 Å². The van der Waals surface area contributed by atoms with Gasteiger partial charge < -0.3 is 15.7 Å². The van der Waals surface area contributed by atoms with E-state index in [0.29, 0.717) is 24.0 Å². The molecule has 128 valence electrons. The Labute approximate surface area is 141 Å². The third kappa shape index (κ3) is 4.22. The lowest BCUT2D eigenvalue weighted by atomic mass is 9.91. The summed E-state index contributed by atoms with van der Waals surface area (Å²) in [5.74, 6) is 0.195.